The van der Waals surface area contributed by atoms with Crippen molar-refractivity contribution >= 4 is 11.1 Å². The molecular formula is C15H16N2O3. The minimum atomic E-state index is -0.352. The van der Waals surface area contributed by atoms with Gasteiger partial charge in [-0.3, -0.25) is 4.57 Å². The lowest BCUT2D eigenvalue weighted by molar-refractivity contribution is 0.452. The number of hydrogen-bond donors (Lipinski definition) is 1. The topological polar surface area (TPSA) is 60.3 Å². The highest BCUT2D eigenvalue weighted by Crippen LogP contribution is 2.25. The predicted molar refractivity (Wildman–Crippen MR) is 75.7 cm³/mol. The molecule has 1 atom stereocenters. The minimum Gasteiger partial charge on any atom is -0.467 e. The van der Waals surface area contributed by atoms with Crippen LogP contribution in [0.15, 0.2) is 50.2 Å². The van der Waals surface area contributed by atoms with E-state index >= 15 is 0 Å². The van der Waals surface area contributed by atoms with E-state index in [1.807, 2.05) is 37.3 Å². The molecule has 2 heterocycles. The van der Waals surface area contributed by atoms with E-state index in [1.165, 1.54) is 4.57 Å². The molecule has 5 nitrogen and oxygen atoms in total. The van der Waals surface area contributed by atoms with Gasteiger partial charge in [0.05, 0.1) is 17.8 Å². The number of fused-ring (bicyclic) bond motifs is 1. The van der Waals surface area contributed by atoms with Crippen LogP contribution in [-0.4, -0.2) is 11.1 Å². The molecule has 0 fully saturated rings. The first kappa shape index (κ1) is 12.7. The highest BCUT2D eigenvalue weighted by Gasteiger charge is 2.17. The fourth-order valence-electron chi connectivity index (χ4n) is 2.37. The molecule has 0 saturated carbocycles. The maximum absolute atomic E-state index is 11.5. The first-order valence-corrected chi connectivity index (χ1v) is 6.57. The van der Waals surface area contributed by atoms with E-state index in [-0.39, 0.29) is 11.8 Å². The number of oxazole rings is 1. The van der Waals surface area contributed by atoms with E-state index in [9.17, 15) is 4.79 Å². The van der Waals surface area contributed by atoms with Gasteiger partial charge < -0.3 is 14.2 Å². The molecule has 1 unspecified atom stereocenters. The molecule has 0 amide bonds. The predicted octanol–water partition coefficient (Wildman–Crippen LogP) is 2.42. The van der Waals surface area contributed by atoms with E-state index in [0.717, 1.165) is 23.4 Å². The summed E-state index contributed by atoms with van der Waals surface area (Å²) in [5.41, 5.74) is 2.38. The Labute approximate surface area is 115 Å². The maximum atomic E-state index is 11.5. The van der Waals surface area contributed by atoms with Crippen LogP contribution in [0.25, 0.3) is 11.1 Å². The SMILES string of the molecule is CCNC(c1ccc2c(c1)oc(=O)n2C)c1ccco1. The molecule has 20 heavy (non-hydrogen) atoms. The quantitative estimate of drug-likeness (QED) is 0.792. The summed E-state index contributed by atoms with van der Waals surface area (Å²) in [6, 6.07) is 9.49. The van der Waals surface area contributed by atoms with E-state index in [2.05, 4.69) is 5.32 Å². The van der Waals surface area contributed by atoms with Gasteiger partial charge in [0.1, 0.15) is 5.76 Å². The molecule has 5 heteroatoms. The summed E-state index contributed by atoms with van der Waals surface area (Å²) in [4.78, 5) is 11.5. The third-order valence-corrected chi connectivity index (χ3v) is 3.39. The van der Waals surface area contributed by atoms with Gasteiger partial charge in [0.25, 0.3) is 0 Å². The average molecular weight is 272 g/mol. The van der Waals surface area contributed by atoms with E-state index < -0.39 is 0 Å². The number of aromatic nitrogens is 1. The summed E-state index contributed by atoms with van der Waals surface area (Å²) in [6.07, 6.45) is 1.65. The lowest BCUT2D eigenvalue weighted by Crippen LogP contribution is -2.21. The van der Waals surface area contributed by atoms with Gasteiger partial charge in [0, 0.05) is 7.05 Å². The smallest absolute Gasteiger partial charge is 0.419 e. The molecule has 1 aromatic carbocycles. The third kappa shape index (κ3) is 2.06. The van der Waals surface area contributed by atoms with Crippen LogP contribution in [0.3, 0.4) is 0 Å². The lowest BCUT2D eigenvalue weighted by Gasteiger charge is -2.15. The Morgan fingerprint density at radius 3 is 2.90 bits per heavy atom. The van der Waals surface area contributed by atoms with E-state index in [1.54, 1.807) is 13.3 Å². The Hall–Kier alpha value is -2.27. The van der Waals surface area contributed by atoms with E-state index in [0.29, 0.717) is 5.58 Å². The monoisotopic (exact) mass is 272 g/mol. The highest BCUT2D eigenvalue weighted by molar-refractivity contribution is 5.74. The Morgan fingerprint density at radius 1 is 1.35 bits per heavy atom. The van der Waals surface area contributed by atoms with Crippen molar-refractivity contribution in [2.45, 2.75) is 13.0 Å². The van der Waals surface area contributed by atoms with Crippen molar-refractivity contribution in [3.63, 3.8) is 0 Å². The number of nitrogens with zero attached hydrogens (tertiary/aromatic N) is 1. The first-order valence-electron chi connectivity index (χ1n) is 6.57. The van der Waals surface area contributed by atoms with Gasteiger partial charge in [0.2, 0.25) is 0 Å². The minimum absolute atomic E-state index is 0.0510. The zero-order valence-corrected chi connectivity index (χ0v) is 11.4. The van der Waals surface area contributed by atoms with Crippen molar-refractivity contribution < 1.29 is 8.83 Å². The average Bonchev–Trinajstić information content (AvgIpc) is 3.06. The first-order chi connectivity index (χ1) is 9.70. The van der Waals surface area contributed by atoms with E-state index in [4.69, 9.17) is 8.83 Å². The fourth-order valence-corrected chi connectivity index (χ4v) is 2.37. The van der Waals surface area contributed by atoms with Crippen LogP contribution in [0.1, 0.15) is 24.3 Å². The van der Waals surface area contributed by atoms with Crippen LogP contribution >= 0.6 is 0 Å². The number of furan rings is 1. The van der Waals surface area contributed by atoms with Crippen LogP contribution in [0, 0.1) is 0 Å². The molecule has 104 valence electrons. The number of hydrogen-bond acceptors (Lipinski definition) is 4. The third-order valence-electron chi connectivity index (χ3n) is 3.39. The Kier molecular flexibility index (Phi) is 3.20. The lowest BCUT2D eigenvalue weighted by atomic mass is 10.0. The molecule has 0 aliphatic carbocycles. The van der Waals surface area contributed by atoms with Gasteiger partial charge in [-0.1, -0.05) is 13.0 Å². The van der Waals surface area contributed by atoms with Crippen LogP contribution in [-0.2, 0) is 7.05 Å². The van der Waals surface area contributed by atoms with Crippen LogP contribution in [0.4, 0.5) is 0 Å². The van der Waals surface area contributed by atoms with Gasteiger partial charge >= 0.3 is 5.76 Å². The molecule has 0 aliphatic heterocycles. The molecule has 0 radical (unpaired) electrons. The van der Waals surface area contributed by atoms with Gasteiger partial charge in [-0.15, -0.1) is 0 Å². The standard InChI is InChI=1S/C15H16N2O3/c1-3-16-14(12-5-4-8-19-12)10-6-7-11-13(9-10)20-15(18)17(11)2/h4-9,14,16H,3H2,1-2H3. The van der Waals surface area contributed by atoms with Gasteiger partial charge in [0.15, 0.2) is 5.58 Å². The van der Waals surface area contributed by atoms with Crippen LogP contribution in [0.2, 0.25) is 0 Å². The number of benzene rings is 1. The number of nitrogens with one attached hydrogen (secondary N) is 1. The summed E-state index contributed by atoms with van der Waals surface area (Å²) >= 11 is 0. The molecule has 3 rings (SSSR count). The summed E-state index contributed by atoms with van der Waals surface area (Å²) in [7, 11) is 1.70. The molecule has 2 aromatic heterocycles. The van der Waals surface area contributed by atoms with Crippen LogP contribution in [0.5, 0.6) is 0 Å². The number of aryl methyl sites for hydroxylation is 1. The van der Waals surface area contributed by atoms with Crippen molar-refractivity contribution in [1.29, 1.82) is 0 Å². The molecule has 0 aliphatic rings. The van der Waals surface area contributed by atoms with Gasteiger partial charge in [-0.2, -0.15) is 0 Å². The second-order valence-electron chi connectivity index (χ2n) is 4.66. The number of rotatable bonds is 4. The molecular weight excluding hydrogens is 256 g/mol. The Bertz CT molecular complexity index is 768. The zero-order valence-electron chi connectivity index (χ0n) is 11.4. The van der Waals surface area contributed by atoms with Crippen molar-refractivity contribution in [3.05, 3.63) is 58.5 Å². The fraction of sp³-hybridized carbons (Fsp3) is 0.267. The summed E-state index contributed by atoms with van der Waals surface area (Å²) in [5, 5.41) is 3.37. The molecule has 0 saturated heterocycles. The second kappa shape index (κ2) is 5.02. The van der Waals surface area contributed by atoms with Crippen molar-refractivity contribution in [2.75, 3.05) is 6.54 Å². The highest BCUT2D eigenvalue weighted by atomic mass is 16.4. The molecule has 0 spiro atoms. The molecule has 1 N–H and O–H groups in total. The van der Waals surface area contributed by atoms with Crippen molar-refractivity contribution in [3.8, 4) is 0 Å². The summed E-state index contributed by atoms with van der Waals surface area (Å²) < 4.78 is 12.2. The molecule has 3 aromatic rings. The zero-order chi connectivity index (χ0) is 14.1. The Balaban J connectivity index is 2.09. The van der Waals surface area contributed by atoms with Gasteiger partial charge in [-0.25, -0.2) is 4.79 Å². The van der Waals surface area contributed by atoms with Crippen molar-refractivity contribution in [2.24, 2.45) is 7.05 Å². The van der Waals surface area contributed by atoms with Gasteiger partial charge in [-0.05, 0) is 36.4 Å². The molecule has 0 bridgehead atoms. The summed E-state index contributed by atoms with van der Waals surface area (Å²) in [5.74, 6) is 0.486. The van der Waals surface area contributed by atoms with Crippen LogP contribution < -0.4 is 11.1 Å². The second-order valence-corrected chi connectivity index (χ2v) is 4.66. The van der Waals surface area contributed by atoms with Crippen molar-refractivity contribution in [1.82, 2.24) is 9.88 Å². The largest absolute Gasteiger partial charge is 0.467 e. The Morgan fingerprint density at radius 2 is 2.20 bits per heavy atom. The normalized spacial score (nSPS) is 12.9. The summed E-state index contributed by atoms with van der Waals surface area (Å²) in [6.45, 7) is 2.85. The maximum Gasteiger partial charge on any atom is 0.419 e.